The Morgan fingerprint density at radius 3 is 2.56 bits per heavy atom. The number of rotatable bonds is 4. The maximum absolute atomic E-state index is 11.5. The molecule has 3 heteroatoms. The molecular formula is C13H22N2O. The van der Waals surface area contributed by atoms with Gasteiger partial charge in [-0.1, -0.05) is 19.8 Å². The third-order valence-corrected chi connectivity index (χ3v) is 3.48. The van der Waals surface area contributed by atoms with Gasteiger partial charge in [0.25, 0.3) is 0 Å². The second kappa shape index (κ2) is 6.52. The number of nitrogens with zero attached hydrogens (tertiary/aromatic N) is 1. The van der Waals surface area contributed by atoms with Gasteiger partial charge in [0.05, 0.1) is 6.07 Å². The van der Waals surface area contributed by atoms with Crippen LogP contribution >= 0.6 is 0 Å². The van der Waals surface area contributed by atoms with E-state index in [0.717, 1.165) is 18.8 Å². The van der Waals surface area contributed by atoms with Crippen LogP contribution in [0.3, 0.4) is 0 Å². The van der Waals surface area contributed by atoms with Gasteiger partial charge in [-0.25, -0.2) is 0 Å². The Labute approximate surface area is 98.2 Å². The smallest absolute Gasteiger partial charge is 0.237 e. The standard InChI is InChI=1S/C13H22N2O/c1-3-4-11-5-7-12(8-6-11)15-13(16)10(2)9-14/h10-12H,3-8H2,1-2H3,(H,15,16). The van der Waals surface area contributed by atoms with E-state index in [4.69, 9.17) is 5.26 Å². The molecule has 0 radical (unpaired) electrons. The molecule has 1 saturated carbocycles. The molecule has 0 aromatic rings. The third-order valence-electron chi connectivity index (χ3n) is 3.48. The quantitative estimate of drug-likeness (QED) is 0.795. The van der Waals surface area contributed by atoms with Crippen LogP contribution in [-0.2, 0) is 4.79 Å². The molecule has 1 unspecified atom stereocenters. The van der Waals surface area contributed by atoms with Crippen LogP contribution in [-0.4, -0.2) is 11.9 Å². The lowest BCUT2D eigenvalue weighted by Crippen LogP contribution is -2.40. The molecule has 1 N–H and O–H groups in total. The monoisotopic (exact) mass is 222 g/mol. The summed E-state index contributed by atoms with van der Waals surface area (Å²) in [6.45, 7) is 3.88. The van der Waals surface area contributed by atoms with E-state index >= 15 is 0 Å². The fourth-order valence-corrected chi connectivity index (χ4v) is 2.39. The van der Waals surface area contributed by atoms with Crippen LogP contribution in [0.5, 0.6) is 0 Å². The van der Waals surface area contributed by atoms with Crippen LogP contribution < -0.4 is 5.32 Å². The molecule has 0 heterocycles. The average Bonchev–Trinajstić information content (AvgIpc) is 2.31. The van der Waals surface area contributed by atoms with Gasteiger partial charge in [0.2, 0.25) is 5.91 Å². The maximum Gasteiger partial charge on any atom is 0.237 e. The second-order valence-electron chi connectivity index (χ2n) is 4.87. The van der Waals surface area contributed by atoms with Crippen molar-refractivity contribution in [3.8, 4) is 6.07 Å². The zero-order valence-corrected chi connectivity index (χ0v) is 10.3. The molecular weight excluding hydrogens is 200 g/mol. The number of carbonyl (C=O) groups excluding carboxylic acids is 1. The number of hydrogen-bond acceptors (Lipinski definition) is 2. The third kappa shape index (κ3) is 3.84. The first kappa shape index (κ1) is 13.0. The van der Waals surface area contributed by atoms with Crippen LogP contribution in [0, 0.1) is 23.2 Å². The van der Waals surface area contributed by atoms with Crippen molar-refractivity contribution in [3.63, 3.8) is 0 Å². The summed E-state index contributed by atoms with van der Waals surface area (Å²) in [6, 6.07) is 2.27. The van der Waals surface area contributed by atoms with Gasteiger partial charge in [-0.3, -0.25) is 4.79 Å². The van der Waals surface area contributed by atoms with Crippen LogP contribution in [0.1, 0.15) is 52.4 Å². The van der Waals surface area contributed by atoms with Gasteiger partial charge in [0.1, 0.15) is 5.92 Å². The van der Waals surface area contributed by atoms with Crippen molar-refractivity contribution in [1.82, 2.24) is 5.32 Å². The zero-order valence-electron chi connectivity index (χ0n) is 10.3. The van der Waals surface area contributed by atoms with Gasteiger partial charge in [-0.05, 0) is 38.5 Å². The van der Waals surface area contributed by atoms with Gasteiger partial charge in [0.15, 0.2) is 0 Å². The van der Waals surface area contributed by atoms with Crippen molar-refractivity contribution >= 4 is 5.91 Å². The van der Waals surface area contributed by atoms with E-state index in [1.165, 1.54) is 25.7 Å². The highest BCUT2D eigenvalue weighted by Gasteiger charge is 2.23. The minimum atomic E-state index is -0.520. The molecule has 1 aliphatic rings. The summed E-state index contributed by atoms with van der Waals surface area (Å²) in [7, 11) is 0. The highest BCUT2D eigenvalue weighted by atomic mass is 16.1. The minimum Gasteiger partial charge on any atom is -0.352 e. The molecule has 0 aromatic heterocycles. The SMILES string of the molecule is CCCC1CCC(NC(=O)C(C)C#N)CC1. The number of nitrogens with one attached hydrogen (secondary N) is 1. The molecule has 1 atom stereocenters. The van der Waals surface area contributed by atoms with Gasteiger partial charge in [0, 0.05) is 6.04 Å². The Balaban J connectivity index is 2.27. The van der Waals surface area contributed by atoms with E-state index < -0.39 is 5.92 Å². The molecule has 0 saturated heterocycles. The Kier molecular flexibility index (Phi) is 5.31. The predicted octanol–water partition coefficient (Wildman–Crippen LogP) is 2.62. The summed E-state index contributed by atoms with van der Waals surface area (Å²) < 4.78 is 0. The van der Waals surface area contributed by atoms with Crippen LogP contribution in [0.4, 0.5) is 0 Å². The van der Waals surface area contributed by atoms with Gasteiger partial charge in [-0.2, -0.15) is 5.26 Å². The fourth-order valence-electron chi connectivity index (χ4n) is 2.39. The molecule has 16 heavy (non-hydrogen) atoms. The van der Waals surface area contributed by atoms with Crippen molar-refractivity contribution in [2.24, 2.45) is 11.8 Å². The lowest BCUT2D eigenvalue weighted by Gasteiger charge is -2.29. The molecule has 0 bridgehead atoms. The van der Waals surface area contributed by atoms with E-state index in [0.29, 0.717) is 6.04 Å². The van der Waals surface area contributed by atoms with Crippen molar-refractivity contribution in [2.45, 2.75) is 58.4 Å². The van der Waals surface area contributed by atoms with Gasteiger partial charge >= 0.3 is 0 Å². The minimum absolute atomic E-state index is 0.110. The van der Waals surface area contributed by atoms with Gasteiger partial charge in [-0.15, -0.1) is 0 Å². The van der Waals surface area contributed by atoms with Crippen LogP contribution in [0.25, 0.3) is 0 Å². The van der Waals surface area contributed by atoms with Crippen molar-refractivity contribution in [2.75, 3.05) is 0 Å². The first-order valence-corrected chi connectivity index (χ1v) is 6.37. The first-order valence-electron chi connectivity index (χ1n) is 6.37. The summed E-state index contributed by atoms with van der Waals surface area (Å²) in [4.78, 5) is 11.5. The van der Waals surface area contributed by atoms with Crippen molar-refractivity contribution in [1.29, 1.82) is 5.26 Å². The van der Waals surface area contributed by atoms with E-state index in [1.807, 2.05) is 6.07 Å². The van der Waals surface area contributed by atoms with E-state index in [-0.39, 0.29) is 5.91 Å². The van der Waals surface area contributed by atoms with Gasteiger partial charge < -0.3 is 5.32 Å². The van der Waals surface area contributed by atoms with Crippen molar-refractivity contribution < 1.29 is 4.79 Å². The summed E-state index contributed by atoms with van der Waals surface area (Å²) in [5, 5.41) is 11.6. The second-order valence-corrected chi connectivity index (χ2v) is 4.87. The zero-order chi connectivity index (χ0) is 12.0. The number of carbonyl (C=O) groups is 1. The molecule has 1 rings (SSSR count). The molecule has 1 aliphatic carbocycles. The number of nitriles is 1. The summed E-state index contributed by atoms with van der Waals surface area (Å²) in [6.07, 6.45) is 7.17. The first-order chi connectivity index (χ1) is 7.67. The Morgan fingerprint density at radius 1 is 1.44 bits per heavy atom. The molecule has 1 amide bonds. The highest BCUT2D eigenvalue weighted by Crippen LogP contribution is 2.27. The van der Waals surface area contributed by atoms with Crippen molar-refractivity contribution in [3.05, 3.63) is 0 Å². The summed E-state index contributed by atoms with van der Waals surface area (Å²) >= 11 is 0. The maximum atomic E-state index is 11.5. The Morgan fingerprint density at radius 2 is 2.06 bits per heavy atom. The van der Waals surface area contributed by atoms with E-state index in [1.54, 1.807) is 6.92 Å². The molecule has 3 nitrogen and oxygen atoms in total. The summed E-state index contributed by atoms with van der Waals surface area (Å²) in [5.41, 5.74) is 0. The summed E-state index contributed by atoms with van der Waals surface area (Å²) in [5.74, 6) is 0.223. The molecule has 0 aromatic carbocycles. The lowest BCUT2D eigenvalue weighted by molar-refractivity contribution is -0.123. The van der Waals surface area contributed by atoms with Crippen LogP contribution in [0.15, 0.2) is 0 Å². The predicted molar refractivity (Wildman–Crippen MR) is 63.6 cm³/mol. The molecule has 0 spiro atoms. The number of amides is 1. The fraction of sp³-hybridized carbons (Fsp3) is 0.846. The highest BCUT2D eigenvalue weighted by molar-refractivity contribution is 5.80. The Hall–Kier alpha value is -1.04. The molecule has 90 valence electrons. The topological polar surface area (TPSA) is 52.9 Å². The molecule has 1 fully saturated rings. The lowest BCUT2D eigenvalue weighted by atomic mass is 9.83. The van der Waals surface area contributed by atoms with E-state index in [2.05, 4.69) is 12.2 Å². The molecule has 0 aliphatic heterocycles. The van der Waals surface area contributed by atoms with Crippen LogP contribution in [0.2, 0.25) is 0 Å². The van der Waals surface area contributed by atoms with E-state index in [9.17, 15) is 4.79 Å². The number of hydrogen-bond donors (Lipinski definition) is 1. The normalized spacial score (nSPS) is 26.8. The Bertz CT molecular complexity index is 262. The average molecular weight is 222 g/mol. The largest absolute Gasteiger partial charge is 0.352 e.